The van der Waals surface area contributed by atoms with Gasteiger partial charge in [-0.05, 0) is 42.9 Å². The number of benzene rings is 1. The van der Waals surface area contributed by atoms with E-state index >= 15 is 0 Å². The van der Waals surface area contributed by atoms with Crippen LogP contribution < -0.4 is 4.72 Å². The number of rotatable bonds is 5. The Hall–Kier alpha value is -0.910. The summed E-state index contributed by atoms with van der Waals surface area (Å²) in [7, 11) is -3.52. The smallest absolute Gasteiger partial charge is 0.241 e. The predicted molar refractivity (Wildman–Crippen MR) is 83.5 cm³/mol. The largest absolute Gasteiger partial charge is 0.392 e. The van der Waals surface area contributed by atoms with Gasteiger partial charge in [-0.15, -0.1) is 0 Å². The number of aliphatic hydroxyl groups is 1. The van der Waals surface area contributed by atoms with E-state index in [4.69, 9.17) is 0 Å². The highest BCUT2D eigenvalue weighted by atomic mass is 32.2. The highest BCUT2D eigenvalue weighted by Crippen LogP contribution is 2.28. The Kier molecular flexibility index (Phi) is 5.41. The molecule has 0 bridgehead atoms. The minimum Gasteiger partial charge on any atom is -0.392 e. The van der Waals surface area contributed by atoms with Crippen LogP contribution >= 0.6 is 0 Å². The molecule has 2 unspecified atom stereocenters. The summed E-state index contributed by atoms with van der Waals surface area (Å²) in [6.07, 6.45) is 5.23. The Balaban J connectivity index is 2.19. The fourth-order valence-electron chi connectivity index (χ4n) is 3.17. The molecule has 0 amide bonds. The topological polar surface area (TPSA) is 66.4 Å². The molecule has 2 N–H and O–H groups in total. The van der Waals surface area contributed by atoms with E-state index in [-0.39, 0.29) is 17.5 Å². The van der Waals surface area contributed by atoms with E-state index in [9.17, 15) is 13.5 Å². The van der Waals surface area contributed by atoms with Gasteiger partial charge in [0.2, 0.25) is 10.0 Å². The van der Waals surface area contributed by atoms with E-state index in [0.29, 0.717) is 17.0 Å². The maximum Gasteiger partial charge on any atom is 0.241 e. The maximum absolute atomic E-state index is 12.6. The number of nitrogens with one attached hydrogen (secondary N) is 1. The van der Waals surface area contributed by atoms with Crippen molar-refractivity contribution in [3.8, 4) is 0 Å². The van der Waals surface area contributed by atoms with Crippen molar-refractivity contribution < 1.29 is 13.5 Å². The quantitative estimate of drug-likeness (QED) is 0.878. The van der Waals surface area contributed by atoms with E-state index < -0.39 is 10.0 Å². The lowest BCUT2D eigenvalue weighted by Crippen LogP contribution is -2.38. The van der Waals surface area contributed by atoms with Crippen LogP contribution in [-0.2, 0) is 16.6 Å². The molecule has 2 rings (SSSR count). The normalized spacial score (nSPS) is 23.2. The van der Waals surface area contributed by atoms with Crippen LogP contribution in [0.15, 0.2) is 23.1 Å². The summed E-state index contributed by atoms with van der Waals surface area (Å²) in [5, 5.41) is 9.28. The van der Waals surface area contributed by atoms with Crippen molar-refractivity contribution in [2.24, 2.45) is 5.92 Å². The molecule has 0 spiro atoms. The minimum absolute atomic E-state index is 0.0332. The average molecular weight is 311 g/mol. The molecule has 1 saturated carbocycles. The Morgan fingerprint density at radius 3 is 2.76 bits per heavy atom. The van der Waals surface area contributed by atoms with Crippen molar-refractivity contribution in [3.63, 3.8) is 0 Å². The molecule has 1 fully saturated rings. The second-order valence-corrected chi connectivity index (χ2v) is 7.64. The van der Waals surface area contributed by atoms with E-state index in [0.717, 1.165) is 25.7 Å². The number of hydrogen-bond acceptors (Lipinski definition) is 3. The summed E-state index contributed by atoms with van der Waals surface area (Å²) < 4.78 is 28.0. The molecule has 21 heavy (non-hydrogen) atoms. The third kappa shape index (κ3) is 3.84. The first-order chi connectivity index (χ1) is 9.97. The molecule has 4 nitrogen and oxygen atoms in total. The van der Waals surface area contributed by atoms with Crippen molar-refractivity contribution >= 4 is 10.0 Å². The van der Waals surface area contributed by atoms with E-state index in [2.05, 4.69) is 11.6 Å². The highest BCUT2D eigenvalue weighted by molar-refractivity contribution is 7.89. The summed E-state index contributed by atoms with van der Waals surface area (Å²) >= 11 is 0. The first kappa shape index (κ1) is 16.5. The molecule has 1 aliphatic carbocycles. The fourth-order valence-corrected chi connectivity index (χ4v) is 4.75. The zero-order chi connectivity index (χ0) is 15.5. The summed E-state index contributed by atoms with van der Waals surface area (Å²) in [6.45, 7) is 3.77. The number of sulfonamides is 1. The molecular weight excluding hydrogens is 286 g/mol. The third-order valence-corrected chi connectivity index (χ3v) is 6.20. The second kappa shape index (κ2) is 6.90. The molecule has 0 aliphatic heterocycles. The molecule has 0 aromatic heterocycles. The molecule has 118 valence electrons. The molecule has 0 saturated heterocycles. The van der Waals surface area contributed by atoms with E-state index in [1.165, 1.54) is 6.42 Å². The second-order valence-electron chi connectivity index (χ2n) is 5.96. The van der Waals surface area contributed by atoms with Crippen LogP contribution in [0.4, 0.5) is 0 Å². The van der Waals surface area contributed by atoms with Crippen molar-refractivity contribution in [3.05, 3.63) is 29.3 Å². The first-order valence-electron chi connectivity index (χ1n) is 7.69. The highest BCUT2D eigenvalue weighted by Gasteiger charge is 2.26. The molecule has 0 heterocycles. The SMILES string of the molecule is CCC1CCCC(NS(=O)(=O)c2cccc(CO)c2C)C1. The molecule has 2 atom stereocenters. The first-order valence-corrected chi connectivity index (χ1v) is 9.18. The van der Waals surface area contributed by atoms with E-state index in [1.807, 2.05) is 0 Å². The Bertz CT molecular complexity index is 583. The van der Waals surface area contributed by atoms with Crippen molar-refractivity contribution in [1.82, 2.24) is 4.72 Å². The molecule has 1 aromatic carbocycles. The van der Waals surface area contributed by atoms with Gasteiger partial charge < -0.3 is 5.11 Å². The van der Waals surface area contributed by atoms with E-state index in [1.54, 1.807) is 25.1 Å². The van der Waals surface area contributed by atoms with Gasteiger partial charge in [-0.2, -0.15) is 0 Å². The van der Waals surface area contributed by atoms with Gasteiger partial charge in [-0.25, -0.2) is 13.1 Å². The lowest BCUT2D eigenvalue weighted by atomic mass is 9.85. The predicted octanol–water partition coefficient (Wildman–Crippen LogP) is 2.73. The summed E-state index contributed by atoms with van der Waals surface area (Å²) in [5.41, 5.74) is 1.29. The third-order valence-electron chi connectivity index (χ3n) is 4.54. The minimum atomic E-state index is -3.52. The van der Waals surface area contributed by atoms with Crippen LogP contribution in [-0.4, -0.2) is 19.6 Å². The van der Waals surface area contributed by atoms with Crippen LogP contribution in [0.2, 0.25) is 0 Å². The molecule has 0 radical (unpaired) electrons. The fraction of sp³-hybridized carbons (Fsp3) is 0.625. The Morgan fingerprint density at radius 1 is 1.33 bits per heavy atom. The van der Waals surface area contributed by atoms with Crippen LogP contribution in [0.5, 0.6) is 0 Å². The lowest BCUT2D eigenvalue weighted by Gasteiger charge is -2.29. The molecule has 5 heteroatoms. The number of aliphatic hydroxyl groups excluding tert-OH is 1. The Morgan fingerprint density at radius 2 is 2.10 bits per heavy atom. The van der Waals surface area contributed by atoms with Gasteiger partial charge in [-0.3, -0.25) is 0 Å². The van der Waals surface area contributed by atoms with Gasteiger partial charge in [0.15, 0.2) is 0 Å². The Labute approximate surface area is 127 Å². The van der Waals surface area contributed by atoms with Crippen molar-refractivity contribution in [2.45, 2.75) is 63.5 Å². The van der Waals surface area contributed by atoms with Crippen LogP contribution in [0, 0.1) is 12.8 Å². The molecule has 1 aliphatic rings. The summed E-state index contributed by atoms with van der Waals surface area (Å²) in [6, 6.07) is 5.08. The van der Waals surface area contributed by atoms with Gasteiger partial charge >= 0.3 is 0 Å². The summed E-state index contributed by atoms with van der Waals surface area (Å²) in [5.74, 6) is 0.622. The maximum atomic E-state index is 12.6. The average Bonchev–Trinajstić information content (AvgIpc) is 2.47. The number of hydrogen-bond donors (Lipinski definition) is 2. The van der Waals surface area contributed by atoms with Crippen LogP contribution in [0.25, 0.3) is 0 Å². The van der Waals surface area contributed by atoms with Crippen LogP contribution in [0.3, 0.4) is 0 Å². The standard InChI is InChI=1S/C16H25NO3S/c1-3-13-6-4-8-15(10-13)17-21(19,20)16-9-5-7-14(11-18)12(16)2/h5,7,9,13,15,17-18H,3-4,6,8,10-11H2,1-2H3. The van der Waals surface area contributed by atoms with Gasteiger partial charge in [0, 0.05) is 6.04 Å². The lowest BCUT2D eigenvalue weighted by molar-refractivity contribution is 0.280. The molecule has 1 aromatic rings. The monoisotopic (exact) mass is 311 g/mol. The van der Waals surface area contributed by atoms with Crippen molar-refractivity contribution in [2.75, 3.05) is 0 Å². The van der Waals surface area contributed by atoms with Gasteiger partial charge in [0.05, 0.1) is 11.5 Å². The van der Waals surface area contributed by atoms with Gasteiger partial charge in [-0.1, -0.05) is 38.3 Å². The van der Waals surface area contributed by atoms with Crippen molar-refractivity contribution in [1.29, 1.82) is 0 Å². The summed E-state index contributed by atoms with van der Waals surface area (Å²) in [4.78, 5) is 0.285. The van der Waals surface area contributed by atoms with Gasteiger partial charge in [0.1, 0.15) is 0 Å². The zero-order valence-electron chi connectivity index (χ0n) is 12.8. The van der Waals surface area contributed by atoms with Crippen LogP contribution in [0.1, 0.15) is 50.2 Å². The molecular formula is C16H25NO3S. The zero-order valence-corrected chi connectivity index (χ0v) is 13.6. The van der Waals surface area contributed by atoms with Gasteiger partial charge in [0.25, 0.3) is 0 Å².